The number of carbonyl (C=O) groups is 1. The molecule has 4 nitrogen and oxygen atoms in total. The number of aliphatic hydroxyl groups excluding tert-OH is 1. The van der Waals surface area contributed by atoms with Crippen molar-refractivity contribution in [1.82, 2.24) is 4.90 Å². The number of hydrogen-bond acceptors (Lipinski definition) is 4. The van der Waals surface area contributed by atoms with Gasteiger partial charge in [-0.25, -0.2) is 0 Å². The van der Waals surface area contributed by atoms with Gasteiger partial charge in [-0.2, -0.15) is 0 Å². The number of hydrogen-bond donors (Lipinski definition) is 1. The van der Waals surface area contributed by atoms with E-state index < -0.39 is 0 Å². The van der Waals surface area contributed by atoms with E-state index in [4.69, 9.17) is 4.74 Å². The van der Waals surface area contributed by atoms with E-state index in [2.05, 4.69) is 11.8 Å². The van der Waals surface area contributed by atoms with Crippen molar-refractivity contribution >= 4 is 5.97 Å². The largest absolute Gasteiger partial charge is 0.466 e. The van der Waals surface area contributed by atoms with Crippen molar-refractivity contribution in [3.8, 4) is 0 Å². The molecule has 0 aromatic heterocycles. The molecule has 0 heterocycles. The second kappa shape index (κ2) is 22.1. The highest BCUT2D eigenvalue weighted by atomic mass is 16.5. The number of esters is 1. The number of carbonyl (C=O) groups excluding carboxylic acids is 1. The maximum atomic E-state index is 11.3. The van der Waals surface area contributed by atoms with Gasteiger partial charge in [-0.05, 0) is 33.4 Å². The summed E-state index contributed by atoms with van der Waals surface area (Å²) in [5.74, 6) is -0.121. The lowest BCUT2D eigenvalue weighted by atomic mass is 10.0. The van der Waals surface area contributed by atoms with Gasteiger partial charge in [-0.1, -0.05) is 96.8 Å². The second-order valence-corrected chi connectivity index (χ2v) is 8.71. The SMILES string of the molecule is CCCCCCCCCCCCCCCCC(O)CN(C)CCCC(=O)OCC. The van der Waals surface area contributed by atoms with E-state index in [1.807, 2.05) is 14.0 Å². The van der Waals surface area contributed by atoms with Crippen LogP contribution in [-0.2, 0) is 9.53 Å². The van der Waals surface area contributed by atoms with Gasteiger partial charge in [0.15, 0.2) is 0 Å². The number of nitrogens with zero attached hydrogens (tertiary/aromatic N) is 1. The quantitative estimate of drug-likeness (QED) is 0.163. The average Bonchev–Trinajstić information content (AvgIpc) is 2.68. The number of likely N-dealkylation sites (N-methyl/N-ethyl adjacent to an activating group) is 1. The van der Waals surface area contributed by atoms with Gasteiger partial charge in [-0.15, -0.1) is 0 Å². The summed E-state index contributed by atoms with van der Waals surface area (Å²) >= 11 is 0. The first kappa shape index (κ1) is 28.4. The Morgan fingerprint density at radius 2 is 1.28 bits per heavy atom. The van der Waals surface area contributed by atoms with Crippen LogP contribution >= 0.6 is 0 Å². The molecule has 0 saturated heterocycles. The van der Waals surface area contributed by atoms with Gasteiger partial charge < -0.3 is 14.7 Å². The number of ether oxygens (including phenoxy) is 1. The first-order valence-corrected chi connectivity index (χ1v) is 12.6. The van der Waals surface area contributed by atoms with Crippen LogP contribution in [0, 0.1) is 0 Å². The third-order valence-corrected chi connectivity index (χ3v) is 5.64. The molecule has 4 heteroatoms. The van der Waals surface area contributed by atoms with Gasteiger partial charge in [0.25, 0.3) is 0 Å². The summed E-state index contributed by atoms with van der Waals surface area (Å²) in [4.78, 5) is 13.4. The van der Waals surface area contributed by atoms with Crippen LogP contribution in [0.3, 0.4) is 0 Å². The highest BCUT2D eigenvalue weighted by Crippen LogP contribution is 2.14. The van der Waals surface area contributed by atoms with Crippen molar-refractivity contribution in [2.75, 3.05) is 26.7 Å². The molecule has 1 N–H and O–H groups in total. The van der Waals surface area contributed by atoms with Gasteiger partial charge >= 0.3 is 5.97 Å². The molecule has 0 bridgehead atoms. The fourth-order valence-corrected chi connectivity index (χ4v) is 3.84. The highest BCUT2D eigenvalue weighted by molar-refractivity contribution is 5.69. The van der Waals surface area contributed by atoms with E-state index >= 15 is 0 Å². The maximum absolute atomic E-state index is 11.3. The van der Waals surface area contributed by atoms with Crippen molar-refractivity contribution in [2.24, 2.45) is 0 Å². The zero-order valence-electron chi connectivity index (χ0n) is 19.9. The van der Waals surface area contributed by atoms with Gasteiger partial charge in [0.05, 0.1) is 12.7 Å². The fraction of sp³-hybridized carbons (Fsp3) is 0.960. The predicted molar refractivity (Wildman–Crippen MR) is 124 cm³/mol. The van der Waals surface area contributed by atoms with Crippen LogP contribution in [0.15, 0.2) is 0 Å². The van der Waals surface area contributed by atoms with E-state index in [0.717, 1.165) is 25.8 Å². The zero-order chi connectivity index (χ0) is 21.6. The van der Waals surface area contributed by atoms with Crippen LogP contribution in [0.5, 0.6) is 0 Å². The van der Waals surface area contributed by atoms with Crippen molar-refractivity contribution in [1.29, 1.82) is 0 Å². The molecule has 174 valence electrons. The molecule has 0 aliphatic heterocycles. The summed E-state index contributed by atoms with van der Waals surface area (Å²) in [5, 5.41) is 10.2. The van der Waals surface area contributed by atoms with Crippen LogP contribution < -0.4 is 0 Å². The summed E-state index contributed by atoms with van der Waals surface area (Å²) in [7, 11) is 2.01. The molecule has 0 amide bonds. The van der Waals surface area contributed by atoms with Crippen LogP contribution in [0.2, 0.25) is 0 Å². The molecule has 0 aliphatic rings. The third kappa shape index (κ3) is 21.9. The van der Waals surface area contributed by atoms with Gasteiger partial charge in [0.2, 0.25) is 0 Å². The Hall–Kier alpha value is -0.610. The van der Waals surface area contributed by atoms with E-state index in [0.29, 0.717) is 19.6 Å². The van der Waals surface area contributed by atoms with E-state index in [-0.39, 0.29) is 12.1 Å². The molecule has 0 aromatic rings. The fourth-order valence-electron chi connectivity index (χ4n) is 3.84. The summed E-state index contributed by atoms with van der Waals surface area (Å²) in [6.45, 7) is 6.08. The smallest absolute Gasteiger partial charge is 0.305 e. The summed E-state index contributed by atoms with van der Waals surface area (Å²) in [6, 6.07) is 0. The van der Waals surface area contributed by atoms with Crippen molar-refractivity contribution in [2.45, 2.75) is 129 Å². The van der Waals surface area contributed by atoms with Crippen LogP contribution in [0.4, 0.5) is 0 Å². The Labute approximate surface area is 181 Å². The Kier molecular flexibility index (Phi) is 21.6. The summed E-state index contributed by atoms with van der Waals surface area (Å²) < 4.78 is 4.93. The standard InChI is InChI=1S/C25H51NO3/c1-4-6-7-8-9-10-11-12-13-14-15-16-17-18-20-24(27)23-26(3)22-19-21-25(28)29-5-2/h24,27H,4-23H2,1-3H3. The molecule has 29 heavy (non-hydrogen) atoms. The Balaban J connectivity index is 3.32. The number of rotatable bonds is 22. The molecule has 0 aliphatic carbocycles. The predicted octanol–water partition coefficient (Wildman–Crippen LogP) is 6.49. The minimum atomic E-state index is -0.250. The van der Waals surface area contributed by atoms with Crippen LogP contribution in [0.1, 0.15) is 123 Å². The molecular weight excluding hydrogens is 362 g/mol. The normalized spacial score (nSPS) is 12.4. The third-order valence-electron chi connectivity index (χ3n) is 5.64. The Morgan fingerprint density at radius 1 is 0.793 bits per heavy atom. The lowest BCUT2D eigenvalue weighted by Crippen LogP contribution is -2.30. The summed E-state index contributed by atoms with van der Waals surface area (Å²) in [6.07, 6.45) is 21.0. The van der Waals surface area contributed by atoms with E-state index in [1.54, 1.807) is 0 Å². The molecule has 0 aromatic carbocycles. The van der Waals surface area contributed by atoms with Gasteiger partial charge in [0.1, 0.15) is 0 Å². The van der Waals surface area contributed by atoms with Crippen molar-refractivity contribution in [3.63, 3.8) is 0 Å². The first-order valence-electron chi connectivity index (χ1n) is 12.6. The Bertz CT molecular complexity index is 349. The van der Waals surface area contributed by atoms with Crippen molar-refractivity contribution < 1.29 is 14.6 Å². The van der Waals surface area contributed by atoms with Crippen LogP contribution in [0.25, 0.3) is 0 Å². The monoisotopic (exact) mass is 413 g/mol. The molecule has 0 fully saturated rings. The number of aliphatic hydroxyl groups is 1. The van der Waals surface area contributed by atoms with Crippen LogP contribution in [-0.4, -0.2) is 48.8 Å². The van der Waals surface area contributed by atoms with Crippen molar-refractivity contribution in [3.05, 3.63) is 0 Å². The highest BCUT2D eigenvalue weighted by Gasteiger charge is 2.09. The molecule has 0 radical (unpaired) electrons. The first-order chi connectivity index (χ1) is 14.1. The maximum Gasteiger partial charge on any atom is 0.305 e. The average molecular weight is 414 g/mol. The van der Waals surface area contributed by atoms with E-state index in [1.165, 1.54) is 83.5 Å². The Morgan fingerprint density at radius 3 is 1.76 bits per heavy atom. The lowest BCUT2D eigenvalue weighted by molar-refractivity contribution is -0.143. The minimum absolute atomic E-state index is 0.121. The molecular formula is C25H51NO3. The topological polar surface area (TPSA) is 49.8 Å². The zero-order valence-corrected chi connectivity index (χ0v) is 19.9. The van der Waals surface area contributed by atoms with Gasteiger partial charge in [0, 0.05) is 13.0 Å². The molecule has 0 spiro atoms. The summed E-state index contributed by atoms with van der Waals surface area (Å²) in [5.41, 5.74) is 0. The van der Waals surface area contributed by atoms with Gasteiger partial charge in [-0.3, -0.25) is 4.79 Å². The second-order valence-electron chi connectivity index (χ2n) is 8.71. The minimum Gasteiger partial charge on any atom is -0.466 e. The number of unbranched alkanes of at least 4 members (excludes halogenated alkanes) is 13. The molecule has 1 atom stereocenters. The molecule has 0 saturated carbocycles. The molecule has 0 rings (SSSR count). The molecule has 1 unspecified atom stereocenters. The van der Waals surface area contributed by atoms with E-state index in [9.17, 15) is 9.90 Å². The lowest BCUT2D eigenvalue weighted by Gasteiger charge is -2.20.